The number of morpholine rings is 1. The van der Waals surface area contributed by atoms with Crippen molar-refractivity contribution in [3.8, 4) is 0 Å². The zero-order valence-electron chi connectivity index (χ0n) is 14.4. The number of aromatic nitrogens is 2. The van der Waals surface area contributed by atoms with Crippen LogP contribution in [0.3, 0.4) is 0 Å². The molecule has 1 aromatic rings. The highest BCUT2D eigenvalue weighted by molar-refractivity contribution is 5.44. The fourth-order valence-electron chi connectivity index (χ4n) is 3.32. The van der Waals surface area contributed by atoms with Gasteiger partial charge in [-0.05, 0) is 25.7 Å². The Morgan fingerprint density at radius 1 is 1.26 bits per heavy atom. The quantitative estimate of drug-likeness (QED) is 0.893. The molecule has 6 nitrogen and oxygen atoms in total. The standard InChI is InChI=1S/C17H29N5O/c1-14-4-3-6-22(13-14)17-19-15(2)12-16(20-17)18-5-7-21-8-10-23-11-9-21/h12,14H,3-11,13H2,1-2H3,(H,18,19,20). The van der Waals surface area contributed by atoms with Crippen LogP contribution in [0.1, 0.15) is 25.5 Å². The number of nitrogens with one attached hydrogen (secondary N) is 1. The molecule has 0 bridgehead atoms. The number of piperidine rings is 1. The van der Waals surface area contributed by atoms with E-state index < -0.39 is 0 Å². The molecule has 0 amide bonds. The van der Waals surface area contributed by atoms with E-state index in [0.29, 0.717) is 0 Å². The van der Waals surface area contributed by atoms with Crippen molar-refractivity contribution >= 4 is 11.8 Å². The Bertz CT molecular complexity index is 504. The molecule has 6 heteroatoms. The molecule has 2 aliphatic heterocycles. The first-order valence-corrected chi connectivity index (χ1v) is 8.85. The number of ether oxygens (including phenoxy) is 1. The second-order valence-corrected chi connectivity index (χ2v) is 6.77. The molecular formula is C17H29N5O. The molecule has 1 N–H and O–H groups in total. The predicted octanol–water partition coefficient (Wildman–Crippen LogP) is 1.77. The zero-order chi connectivity index (χ0) is 16.1. The molecule has 2 aliphatic rings. The van der Waals surface area contributed by atoms with Gasteiger partial charge in [-0.1, -0.05) is 6.92 Å². The van der Waals surface area contributed by atoms with Crippen molar-refractivity contribution in [1.29, 1.82) is 0 Å². The van der Waals surface area contributed by atoms with E-state index in [4.69, 9.17) is 9.72 Å². The summed E-state index contributed by atoms with van der Waals surface area (Å²) in [6.45, 7) is 12.2. The fourth-order valence-corrected chi connectivity index (χ4v) is 3.32. The van der Waals surface area contributed by atoms with Crippen LogP contribution in [-0.2, 0) is 4.74 Å². The van der Waals surface area contributed by atoms with Crippen LogP contribution in [0.5, 0.6) is 0 Å². The van der Waals surface area contributed by atoms with Gasteiger partial charge in [-0.25, -0.2) is 4.98 Å². The minimum atomic E-state index is 0.727. The highest BCUT2D eigenvalue weighted by Gasteiger charge is 2.19. The van der Waals surface area contributed by atoms with Gasteiger partial charge in [0.25, 0.3) is 0 Å². The van der Waals surface area contributed by atoms with Gasteiger partial charge in [0.05, 0.1) is 13.2 Å². The van der Waals surface area contributed by atoms with Crippen LogP contribution < -0.4 is 10.2 Å². The molecule has 1 aromatic heterocycles. The van der Waals surface area contributed by atoms with E-state index in [1.54, 1.807) is 0 Å². The molecule has 0 spiro atoms. The minimum absolute atomic E-state index is 0.727. The Kier molecular flexibility index (Phi) is 5.67. The summed E-state index contributed by atoms with van der Waals surface area (Å²) < 4.78 is 5.38. The van der Waals surface area contributed by atoms with Crippen molar-refractivity contribution in [2.45, 2.75) is 26.7 Å². The zero-order valence-corrected chi connectivity index (χ0v) is 14.4. The lowest BCUT2D eigenvalue weighted by Gasteiger charge is -2.31. The molecule has 0 saturated carbocycles. The molecule has 3 heterocycles. The van der Waals surface area contributed by atoms with Gasteiger partial charge >= 0.3 is 0 Å². The second kappa shape index (κ2) is 7.93. The number of rotatable bonds is 5. The largest absolute Gasteiger partial charge is 0.379 e. The molecule has 3 rings (SSSR count). The Labute approximate surface area is 139 Å². The van der Waals surface area contributed by atoms with Crippen LogP contribution in [0.15, 0.2) is 6.07 Å². The highest BCUT2D eigenvalue weighted by atomic mass is 16.5. The summed E-state index contributed by atoms with van der Waals surface area (Å²) in [5, 5.41) is 3.46. The summed E-state index contributed by atoms with van der Waals surface area (Å²) in [5.41, 5.74) is 1.03. The van der Waals surface area contributed by atoms with Gasteiger partial charge in [0, 0.05) is 51.0 Å². The molecule has 0 aromatic carbocycles. The topological polar surface area (TPSA) is 53.5 Å². The minimum Gasteiger partial charge on any atom is -0.379 e. The maximum atomic E-state index is 5.38. The maximum Gasteiger partial charge on any atom is 0.227 e. The van der Waals surface area contributed by atoms with Crippen LogP contribution in [0.25, 0.3) is 0 Å². The van der Waals surface area contributed by atoms with E-state index in [1.165, 1.54) is 12.8 Å². The Morgan fingerprint density at radius 3 is 2.87 bits per heavy atom. The second-order valence-electron chi connectivity index (χ2n) is 6.77. The van der Waals surface area contributed by atoms with Crippen molar-refractivity contribution < 1.29 is 4.74 Å². The van der Waals surface area contributed by atoms with Crippen LogP contribution in [0, 0.1) is 12.8 Å². The average Bonchev–Trinajstić information content (AvgIpc) is 2.55. The molecule has 0 radical (unpaired) electrons. The Morgan fingerprint density at radius 2 is 2.09 bits per heavy atom. The van der Waals surface area contributed by atoms with Crippen LogP contribution in [-0.4, -0.2) is 67.4 Å². The normalized spacial score (nSPS) is 23.0. The van der Waals surface area contributed by atoms with Crippen molar-refractivity contribution in [2.75, 3.05) is 62.7 Å². The van der Waals surface area contributed by atoms with Crippen LogP contribution in [0.2, 0.25) is 0 Å². The summed E-state index contributed by atoms with van der Waals surface area (Å²) in [6, 6.07) is 2.04. The number of anilines is 2. The fraction of sp³-hybridized carbons (Fsp3) is 0.765. The van der Waals surface area contributed by atoms with E-state index in [1.807, 2.05) is 13.0 Å². The number of aryl methyl sites for hydroxylation is 1. The first-order chi connectivity index (χ1) is 11.2. The van der Waals surface area contributed by atoms with Gasteiger partial charge in [-0.2, -0.15) is 4.98 Å². The van der Waals surface area contributed by atoms with Gasteiger partial charge in [-0.3, -0.25) is 4.90 Å². The van der Waals surface area contributed by atoms with E-state index in [2.05, 4.69) is 27.0 Å². The maximum absolute atomic E-state index is 5.38. The molecule has 1 atom stereocenters. The molecule has 128 valence electrons. The third-order valence-electron chi connectivity index (χ3n) is 4.62. The lowest BCUT2D eigenvalue weighted by atomic mass is 10.0. The van der Waals surface area contributed by atoms with Gasteiger partial charge in [0.1, 0.15) is 5.82 Å². The average molecular weight is 319 g/mol. The van der Waals surface area contributed by atoms with Gasteiger partial charge < -0.3 is 15.0 Å². The van der Waals surface area contributed by atoms with Crippen molar-refractivity contribution in [1.82, 2.24) is 14.9 Å². The number of nitrogens with zero attached hydrogens (tertiary/aromatic N) is 4. The third kappa shape index (κ3) is 4.78. The SMILES string of the molecule is Cc1cc(NCCN2CCOCC2)nc(N2CCCC(C)C2)n1. The van der Waals surface area contributed by atoms with Gasteiger partial charge in [0.15, 0.2) is 0 Å². The highest BCUT2D eigenvalue weighted by Crippen LogP contribution is 2.21. The lowest BCUT2D eigenvalue weighted by Crippen LogP contribution is -2.39. The third-order valence-corrected chi connectivity index (χ3v) is 4.62. The molecule has 0 aliphatic carbocycles. The molecular weight excluding hydrogens is 290 g/mol. The predicted molar refractivity (Wildman–Crippen MR) is 93.1 cm³/mol. The first-order valence-electron chi connectivity index (χ1n) is 8.85. The van der Waals surface area contributed by atoms with Crippen molar-refractivity contribution in [2.24, 2.45) is 5.92 Å². The van der Waals surface area contributed by atoms with Crippen molar-refractivity contribution in [3.05, 3.63) is 11.8 Å². The van der Waals surface area contributed by atoms with Crippen molar-refractivity contribution in [3.63, 3.8) is 0 Å². The summed E-state index contributed by atoms with van der Waals surface area (Å²) in [7, 11) is 0. The number of hydrogen-bond acceptors (Lipinski definition) is 6. The Balaban J connectivity index is 1.56. The summed E-state index contributed by atoms with van der Waals surface area (Å²) in [6.07, 6.45) is 2.55. The smallest absolute Gasteiger partial charge is 0.227 e. The van der Waals surface area contributed by atoms with Gasteiger partial charge in [0.2, 0.25) is 5.95 Å². The van der Waals surface area contributed by atoms with E-state index >= 15 is 0 Å². The molecule has 2 fully saturated rings. The molecule has 2 saturated heterocycles. The Hall–Kier alpha value is -1.40. The van der Waals surface area contributed by atoms with Crippen LogP contribution >= 0.6 is 0 Å². The summed E-state index contributed by atoms with van der Waals surface area (Å²) >= 11 is 0. The van der Waals surface area contributed by atoms with E-state index in [-0.39, 0.29) is 0 Å². The monoisotopic (exact) mass is 319 g/mol. The van der Waals surface area contributed by atoms with E-state index in [0.717, 1.165) is 75.9 Å². The first kappa shape index (κ1) is 16.5. The van der Waals surface area contributed by atoms with Crippen LogP contribution in [0.4, 0.5) is 11.8 Å². The van der Waals surface area contributed by atoms with Gasteiger partial charge in [-0.15, -0.1) is 0 Å². The molecule has 1 unspecified atom stereocenters. The molecule has 23 heavy (non-hydrogen) atoms. The lowest BCUT2D eigenvalue weighted by molar-refractivity contribution is 0.0398. The summed E-state index contributed by atoms with van der Waals surface area (Å²) in [4.78, 5) is 14.1. The summed E-state index contributed by atoms with van der Waals surface area (Å²) in [5.74, 6) is 2.55. The van der Waals surface area contributed by atoms with E-state index in [9.17, 15) is 0 Å². The number of hydrogen-bond donors (Lipinski definition) is 1.